The molecule has 4 nitrogen and oxygen atoms in total. The van der Waals surface area contributed by atoms with Crippen molar-refractivity contribution in [1.82, 2.24) is 4.90 Å². The molecule has 0 radical (unpaired) electrons. The van der Waals surface area contributed by atoms with E-state index in [4.69, 9.17) is 5.11 Å². The van der Waals surface area contributed by atoms with Crippen molar-refractivity contribution in [1.29, 1.82) is 0 Å². The number of aliphatic hydroxyl groups is 1. The lowest BCUT2D eigenvalue weighted by molar-refractivity contribution is -0.144. The van der Waals surface area contributed by atoms with Crippen molar-refractivity contribution in [3.63, 3.8) is 0 Å². The van der Waals surface area contributed by atoms with E-state index in [1.807, 2.05) is 0 Å². The first kappa shape index (κ1) is 13.2. The minimum absolute atomic E-state index is 0.0448. The Morgan fingerprint density at radius 1 is 1.57 bits per heavy atom. The van der Waals surface area contributed by atoms with Crippen LogP contribution in [0, 0.1) is 0 Å². The number of hydrogen-bond donors (Lipinski definition) is 1. The van der Waals surface area contributed by atoms with Gasteiger partial charge in [-0.1, -0.05) is 0 Å². The van der Waals surface area contributed by atoms with Gasteiger partial charge in [0.2, 0.25) is 0 Å². The van der Waals surface area contributed by atoms with Gasteiger partial charge >= 0.3 is 5.97 Å². The third-order valence-corrected chi connectivity index (χ3v) is 1.47. The molecule has 0 spiro atoms. The van der Waals surface area contributed by atoms with Crippen LogP contribution in [0.3, 0.4) is 0 Å². The largest absolute Gasteiger partial charge is 0.465 e. The number of ether oxygens (including phenoxy) is 1. The van der Waals surface area contributed by atoms with Gasteiger partial charge in [-0.3, -0.25) is 9.69 Å². The van der Waals surface area contributed by atoms with Crippen LogP contribution in [-0.4, -0.2) is 55.2 Å². The molecule has 0 aliphatic carbocycles. The third kappa shape index (κ3) is 6.73. The van der Waals surface area contributed by atoms with Crippen LogP contribution >= 0.6 is 0 Å². The molecule has 0 rings (SSSR count). The summed E-state index contributed by atoms with van der Waals surface area (Å²) < 4.78 is 28.5. The molecule has 0 saturated carbocycles. The van der Waals surface area contributed by atoms with E-state index in [0.717, 1.165) is 4.90 Å². The highest BCUT2D eigenvalue weighted by atomic mass is 19.3. The number of hydrogen-bond acceptors (Lipinski definition) is 4. The molecule has 14 heavy (non-hydrogen) atoms. The molecule has 0 heterocycles. The van der Waals surface area contributed by atoms with Crippen LogP contribution in [0.2, 0.25) is 0 Å². The van der Waals surface area contributed by atoms with E-state index in [9.17, 15) is 13.6 Å². The highest BCUT2D eigenvalue weighted by Crippen LogP contribution is 1.98. The average Bonchev–Trinajstić information content (AvgIpc) is 2.03. The van der Waals surface area contributed by atoms with E-state index < -0.39 is 18.9 Å². The van der Waals surface area contributed by atoms with Crippen molar-refractivity contribution >= 4 is 5.97 Å². The molecular formula is C8H15F2NO3. The fraction of sp³-hybridized carbons (Fsp3) is 0.875. The zero-order valence-corrected chi connectivity index (χ0v) is 8.08. The molecule has 0 aromatic carbocycles. The Hall–Kier alpha value is -0.750. The molecular weight excluding hydrogens is 196 g/mol. The van der Waals surface area contributed by atoms with E-state index in [1.165, 1.54) is 0 Å². The van der Waals surface area contributed by atoms with Gasteiger partial charge in [-0.15, -0.1) is 0 Å². The standard InChI is InChI=1S/C8H15F2NO3/c1-2-14-8(13)6-11(3-4-12)5-7(9)10/h7,12H,2-6H2,1H3. The summed E-state index contributed by atoms with van der Waals surface area (Å²) in [5, 5.41) is 8.55. The van der Waals surface area contributed by atoms with Gasteiger partial charge in [0.25, 0.3) is 6.43 Å². The molecule has 0 saturated heterocycles. The molecule has 0 bridgehead atoms. The zero-order valence-electron chi connectivity index (χ0n) is 8.08. The van der Waals surface area contributed by atoms with Crippen LogP contribution in [0.25, 0.3) is 0 Å². The van der Waals surface area contributed by atoms with Crippen LogP contribution in [0.5, 0.6) is 0 Å². The highest BCUT2D eigenvalue weighted by molar-refractivity contribution is 5.71. The molecule has 0 aliphatic rings. The molecule has 0 atom stereocenters. The van der Waals surface area contributed by atoms with Crippen LogP contribution in [-0.2, 0) is 9.53 Å². The number of carbonyl (C=O) groups is 1. The van der Waals surface area contributed by atoms with Crippen molar-refractivity contribution in [2.24, 2.45) is 0 Å². The first-order valence-electron chi connectivity index (χ1n) is 4.37. The summed E-state index contributed by atoms with van der Waals surface area (Å²) >= 11 is 0. The Labute approximate surface area is 81.5 Å². The van der Waals surface area contributed by atoms with Crippen molar-refractivity contribution in [3.05, 3.63) is 0 Å². The maximum atomic E-state index is 12.0. The number of aliphatic hydroxyl groups excluding tert-OH is 1. The fourth-order valence-corrected chi connectivity index (χ4v) is 0.961. The van der Waals surface area contributed by atoms with E-state index in [2.05, 4.69) is 4.74 Å². The van der Waals surface area contributed by atoms with Crippen LogP contribution in [0.15, 0.2) is 0 Å². The Morgan fingerprint density at radius 2 is 2.21 bits per heavy atom. The summed E-state index contributed by atoms with van der Waals surface area (Å²) in [5.41, 5.74) is 0. The predicted octanol–water partition coefficient (Wildman–Crippen LogP) is 0.109. The second kappa shape index (κ2) is 7.64. The van der Waals surface area contributed by atoms with Crippen molar-refractivity contribution in [2.75, 3.05) is 32.8 Å². The first-order chi connectivity index (χ1) is 6.60. The molecule has 0 aromatic rings. The lowest BCUT2D eigenvalue weighted by Gasteiger charge is -2.19. The summed E-state index contributed by atoms with van der Waals surface area (Å²) in [5.74, 6) is -0.554. The molecule has 84 valence electrons. The topological polar surface area (TPSA) is 49.8 Å². The Bertz CT molecular complexity index is 167. The van der Waals surface area contributed by atoms with Gasteiger partial charge in [-0.25, -0.2) is 8.78 Å². The van der Waals surface area contributed by atoms with Gasteiger partial charge in [0.05, 0.1) is 26.3 Å². The van der Waals surface area contributed by atoms with Gasteiger partial charge < -0.3 is 9.84 Å². The number of nitrogens with zero attached hydrogens (tertiary/aromatic N) is 1. The number of halogens is 2. The van der Waals surface area contributed by atoms with Gasteiger partial charge in [-0.2, -0.15) is 0 Å². The molecule has 0 aliphatic heterocycles. The average molecular weight is 211 g/mol. The van der Waals surface area contributed by atoms with Crippen molar-refractivity contribution in [3.8, 4) is 0 Å². The van der Waals surface area contributed by atoms with E-state index >= 15 is 0 Å². The van der Waals surface area contributed by atoms with E-state index in [1.54, 1.807) is 6.92 Å². The lowest BCUT2D eigenvalue weighted by atomic mass is 10.4. The molecule has 0 unspecified atom stereocenters. The third-order valence-electron chi connectivity index (χ3n) is 1.47. The van der Waals surface area contributed by atoms with E-state index in [-0.39, 0.29) is 26.3 Å². The van der Waals surface area contributed by atoms with Crippen molar-refractivity contribution < 1.29 is 23.4 Å². The quantitative estimate of drug-likeness (QED) is 0.607. The van der Waals surface area contributed by atoms with Crippen LogP contribution in [0.1, 0.15) is 6.92 Å². The number of rotatable bonds is 7. The molecule has 0 amide bonds. The molecule has 6 heteroatoms. The maximum Gasteiger partial charge on any atom is 0.320 e. The lowest BCUT2D eigenvalue weighted by Crippen LogP contribution is -2.36. The molecule has 0 fully saturated rings. The van der Waals surface area contributed by atoms with Gasteiger partial charge in [-0.05, 0) is 6.92 Å². The Balaban J connectivity index is 3.88. The van der Waals surface area contributed by atoms with Crippen LogP contribution in [0.4, 0.5) is 8.78 Å². The fourth-order valence-electron chi connectivity index (χ4n) is 0.961. The minimum atomic E-state index is -2.52. The predicted molar refractivity (Wildman–Crippen MR) is 46.2 cm³/mol. The van der Waals surface area contributed by atoms with E-state index in [0.29, 0.717) is 0 Å². The molecule has 1 N–H and O–H groups in total. The van der Waals surface area contributed by atoms with Gasteiger partial charge in [0.1, 0.15) is 0 Å². The summed E-state index contributed by atoms with van der Waals surface area (Å²) in [4.78, 5) is 12.1. The summed E-state index contributed by atoms with van der Waals surface area (Å²) in [6.45, 7) is 0.912. The normalized spacial score (nSPS) is 11.0. The number of esters is 1. The minimum Gasteiger partial charge on any atom is -0.465 e. The SMILES string of the molecule is CCOC(=O)CN(CCO)CC(F)F. The number of alkyl halides is 2. The maximum absolute atomic E-state index is 12.0. The number of carbonyl (C=O) groups excluding carboxylic acids is 1. The molecule has 0 aromatic heterocycles. The summed E-state index contributed by atoms with van der Waals surface area (Å²) in [6.07, 6.45) is -2.52. The zero-order chi connectivity index (χ0) is 11.0. The highest BCUT2D eigenvalue weighted by Gasteiger charge is 2.15. The summed E-state index contributed by atoms with van der Waals surface area (Å²) in [7, 11) is 0. The van der Waals surface area contributed by atoms with Crippen LogP contribution < -0.4 is 0 Å². The van der Waals surface area contributed by atoms with Gasteiger partial charge in [0.15, 0.2) is 0 Å². The van der Waals surface area contributed by atoms with Crippen molar-refractivity contribution in [2.45, 2.75) is 13.3 Å². The summed E-state index contributed by atoms with van der Waals surface area (Å²) in [6, 6.07) is 0. The van der Waals surface area contributed by atoms with Gasteiger partial charge in [0, 0.05) is 6.54 Å². The second-order valence-corrected chi connectivity index (χ2v) is 2.65. The monoisotopic (exact) mass is 211 g/mol. The first-order valence-corrected chi connectivity index (χ1v) is 4.37. The smallest absolute Gasteiger partial charge is 0.320 e. The Kier molecular flexibility index (Phi) is 7.23. The second-order valence-electron chi connectivity index (χ2n) is 2.65. The Morgan fingerprint density at radius 3 is 2.64 bits per heavy atom.